The van der Waals surface area contributed by atoms with Gasteiger partial charge in [-0.25, -0.2) is 0 Å². The summed E-state index contributed by atoms with van der Waals surface area (Å²) in [4.78, 5) is 17.2. The highest BCUT2D eigenvalue weighted by Crippen LogP contribution is 2.18. The maximum absolute atomic E-state index is 12.2. The van der Waals surface area contributed by atoms with E-state index in [2.05, 4.69) is 4.98 Å². The normalized spacial score (nSPS) is 13.9. The predicted molar refractivity (Wildman–Crippen MR) is 76.6 cm³/mol. The van der Waals surface area contributed by atoms with Crippen LogP contribution < -0.4 is 4.74 Å². The number of H-pyrrole nitrogens is 1. The van der Waals surface area contributed by atoms with E-state index in [1.807, 2.05) is 48.4 Å². The first kappa shape index (κ1) is 12.8. The highest BCUT2D eigenvalue weighted by atomic mass is 16.5. The Hall–Kier alpha value is -2.23. The van der Waals surface area contributed by atoms with Gasteiger partial charge in [-0.1, -0.05) is 17.7 Å². The van der Waals surface area contributed by atoms with E-state index in [1.165, 1.54) is 16.8 Å². The summed E-state index contributed by atoms with van der Waals surface area (Å²) in [6.45, 7) is 3.55. The maximum Gasteiger partial charge on any atom is 0.260 e. The van der Waals surface area contributed by atoms with Crippen LogP contribution in [0.3, 0.4) is 0 Å². The van der Waals surface area contributed by atoms with E-state index < -0.39 is 0 Å². The molecule has 0 bridgehead atoms. The number of nitrogens with one attached hydrogen (secondary N) is 1. The molecule has 1 aromatic carbocycles. The second-order valence-electron chi connectivity index (χ2n) is 5.15. The van der Waals surface area contributed by atoms with Crippen molar-refractivity contribution >= 4 is 5.91 Å². The van der Waals surface area contributed by atoms with Gasteiger partial charge in [-0.15, -0.1) is 0 Å². The van der Waals surface area contributed by atoms with Gasteiger partial charge in [-0.05, 0) is 30.7 Å². The Morgan fingerprint density at radius 2 is 2.10 bits per heavy atom. The number of hydrogen-bond acceptors (Lipinski definition) is 2. The average molecular weight is 270 g/mol. The molecule has 1 amide bonds. The first-order chi connectivity index (χ1) is 9.72. The van der Waals surface area contributed by atoms with Crippen LogP contribution in [0, 0.1) is 6.92 Å². The number of carbonyl (C=O) groups excluding carboxylic acids is 1. The molecular formula is C16H18N2O2. The molecule has 0 saturated carbocycles. The number of rotatable bonds is 3. The first-order valence-electron chi connectivity index (χ1n) is 6.85. The molecular weight excluding hydrogens is 252 g/mol. The van der Waals surface area contributed by atoms with Gasteiger partial charge < -0.3 is 14.6 Å². The molecule has 0 saturated heterocycles. The molecule has 104 valence electrons. The van der Waals surface area contributed by atoms with Crippen molar-refractivity contribution < 1.29 is 9.53 Å². The van der Waals surface area contributed by atoms with Gasteiger partial charge >= 0.3 is 0 Å². The third-order valence-corrected chi connectivity index (χ3v) is 3.66. The van der Waals surface area contributed by atoms with E-state index in [-0.39, 0.29) is 12.5 Å². The fourth-order valence-electron chi connectivity index (χ4n) is 2.43. The molecule has 0 aliphatic carbocycles. The van der Waals surface area contributed by atoms with E-state index >= 15 is 0 Å². The van der Waals surface area contributed by atoms with Crippen LogP contribution in [-0.2, 0) is 17.8 Å². The molecule has 1 aliphatic heterocycles. The molecule has 0 radical (unpaired) electrons. The van der Waals surface area contributed by atoms with Crippen molar-refractivity contribution in [3.05, 3.63) is 53.3 Å². The van der Waals surface area contributed by atoms with Crippen LogP contribution in [0.25, 0.3) is 0 Å². The molecule has 1 aliphatic rings. The maximum atomic E-state index is 12.2. The number of ether oxygens (including phenoxy) is 1. The number of carbonyl (C=O) groups is 1. The van der Waals surface area contributed by atoms with Crippen LogP contribution in [0.15, 0.2) is 36.5 Å². The van der Waals surface area contributed by atoms with Crippen LogP contribution in [0.1, 0.15) is 16.8 Å². The second kappa shape index (κ2) is 5.41. The Kier molecular flexibility index (Phi) is 3.46. The Bertz CT molecular complexity index is 601. The van der Waals surface area contributed by atoms with E-state index in [1.54, 1.807) is 0 Å². The minimum atomic E-state index is 0.0393. The van der Waals surface area contributed by atoms with Gasteiger partial charge in [0.25, 0.3) is 5.91 Å². The number of benzene rings is 1. The zero-order valence-electron chi connectivity index (χ0n) is 11.6. The van der Waals surface area contributed by atoms with E-state index in [9.17, 15) is 4.79 Å². The fraction of sp³-hybridized carbons (Fsp3) is 0.312. The summed E-state index contributed by atoms with van der Waals surface area (Å²) in [5.41, 5.74) is 3.63. The molecule has 4 nitrogen and oxygen atoms in total. The van der Waals surface area contributed by atoms with E-state index in [0.717, 1.165) is 18.7 Å². The highest BCUT2D eigenvalue weighted by Gasteiger charge is 2.21. The zero-order valence-corrected chi connectivity index (χ0v) is 11.6. The largest absolute Gasteiger partial charge is 0.484 e. The summed E-state index contributed by atoms with van der Waals surface area (Å²) >= 11 is 0. The lowest BCUT2D eigenvalue weighted by atomic mass is 10.1. The lowest BCUT2D eigenvalue weighted by molar-refractivity contribution is -0.134. The molecule has 3 rings (SSSR count). The predicted octanol–water partition coefficient (Wildman–Crippen LogP) is 2.29. The van der Waals surface area contributed by atoms with Crippen LogP contribution in [0.2, 0.25) is 0 Å². The van der Waals surface area contributed by atoms with Gasteiger partial charge in [0.15, 0.2) is 6.61 Å². The standard InChI is InChI=1S/C16H18N2O2/c1-12-2-4-14(5-3-12)20-11-16(19)18-9-7-15-13(10-18)6-8-17-15/h2-6,8,17H,7,9-11H2,1H3. The SMILES string of the molecule is Cc1ccc(OCC(=O)N2CCc3[nH]ccc3C2)cc1. The van der Waals surface area contributed by atoms with Crippen molar-refractivity contribution in [3.63, 3.8) is 0 Å². The summed E-state index contributed by atoms with van der Waals surface area (Å²) < 4.78 is 5.55. The molecule has 0 fully saturated rings. The van der Waals surface area contributed by atoms with Crippen molar-refractivity contribution in [1.29, 1.82) is 0 Å². The first-order valence-corrected chi connectivity index (χ1v) is 6.85. The number of nitrogens with zero attached hydrogens (tertiary/aromatic N) is 1. The monoisotopic (exact) mass is 270 g/mol. The Balaban J connectivity index is 1.56. The number of aromatic amines is 1. The highest BCUT2D eigenvalue weighted by molar-refractivity contribution is 5.78. The van der Waals surface area contributed by atoms with Crippen molar-refractivity contribution in [2.75, 3.05) is 13.2 Å². The minimum absolute atomic E-state index is 0.0393. The lowest BCUT2D eigenvalue weighted by Gasteiger charge is -2.27. The Labute approximate surface area is 118 Å². The van der Waals surface area contributed by atoms with Gasteiger partial charge in [0.05, 0.1) is 0 Å². The van der Waals surface area contributed by atoms with Crippen LogP contribution in [0.5, 0.6) is 5.75 Å². The van der Waals surface area contributed by atoms with Crippen molar-refractivity contribution in [2.45, 2.75) is 19.9 Å². The fourth-order valence-corrected chi connectivity index (χ4v) is 2.43. The van der Waals surface area contributed by atoms with Gasteiger partial charge in [-0.2, -0.15) is 0 Å². The van der Waals surface area contributed by atoms with Crippen LogP contribution in [-0.4, -0.2) is 28.9 Å². The summed E-state index contributed by atoms with van der Waals surface area (Å²) in [5.74, 6) is 0.778. The topological polar surface area (TPSA) is 45.3 Å². The second-order valence-corrected chi connectivity index (χ2v) is 5.15. The third-order valence-electron chi connectivity index (χ3n) is 3.66. The molecule has 4 heteroatoms. The van der Waals surface area contributed by atoms with Crippen molar-refractivity contribution in [3.8, 4) is 5.75 Å². The zero-order chi connectivity index (χ0) is 13.9. The molecule has 1 aromatic heterocycles. The number of aromatic nitrogens is 1. The minimum Gasteiger partial charge on any atom is -0.484 e. The molecule has 0 spiro atoms. The lowest BCUT2D eigenvalue weighted by Crippen LogP contribution is -2.38. The van der Waals surface area contributed by atoms with Gasteiger partial charge in [0.1, 0.15) is 5.75 Å². The molecule has 0 unspecified atom stereocenters. The quantitative estimate of drug-likeness (QED) is 0.930. The molecule has 20 heavy (non-hydrogen) atoms. The summed E-state index contributed by atoms with van der Waals surface area (Å²) in [6.07, 6.45) is 2.82. The van der Waals surface area contributed by atoms with Crippen molar-refractivity contribution in [1.82, 2.24) is 9.88 Å². The molecule has 1 N–H and O–H groups in total. The van der Waals surface area contributed by atoms with E-state index in [4.69, 9.17) is 4.74 Å². The number of hydrogen-bond donors (Lipinski definition) is 1. The Morgan fingerprint density at radius 1 is 1.30 bits per heavy atom. The number of amides is 1. The average Bonchev–Trinajstić information content (AvgIpc) is 2.93. The third kappa shape index (κ3) is 2.69. The summed E-state index contributed by atoms with van der Waals surface area (Å²) in [6, 6.07) is 9.78. The van der Waals surface area contributed by atoms with Crippen LogP contribution >= 0.6 is 0 Å². The molecule has 2 heterocycles. The Morgan fingerprint density at radius 3 is 2.90 bits per heavy atom. The van der Waals surface area contributed by atoms with E-state index in [0.29, 0.717) is 6.54 Å². The van der Waals surface area contributed by atoms with Gasteiger partial charge in [-0.3, -0.25) is 4.79 Å². The van der Waals surface area contributed by atoms with Gasteiger partial charge in [0.2, 0.25) is 0 Å². The molecule has 0 atom stereocenters. The smallest absolute Gasteiger partial charge is 0.260 e. The summed E-state index contributed by atoms with van der Waals surface area (Å²) in [7, 11) is 0. The number of aryl methyl sites for hydroxylation is 1. The van der Waals surface area contributed by atoms with Crippen LogP contribution in [0.4, 0.5) is 0 Å². The summed E-state index contributed by atoms with van der Waals surface area (Å²) in [5, 5.41) is 0. The van der Waals surface area contributed by atoms with Gasteiger partial charge in [0, 0.05) is 31.4 Å². The van der Waals surface area contributed by atoms with Crippen molar-refractivity contribution in [2.24, 2.45) is 0 Å². The molecule has 2 aromatic rings. The number of fused-ring (bicyclic) bond motifs is 1.